The van der Waals surface area contributed by atoms with Crippen molar-refractivity contribution in [3.63, 3.8) is 0 Å². The molecule has 0 heterocycles. The van der Waals surface area contributed by atoms with Crippen LogP contribution in [0.15, 0.2) is 18.2 Å². The summed E-state index contributed by atoms with van der Waals surface area (Å²) in [6.07, 6.45) is 0.778. The van der Waals surface area contributed by atoms with Crippen molar-refractivity contribution in [3.05, 3.63) is 29.3 Å². The van der Waals surface area contributed by atoms with E-state index in [1.54, 1.807) is 37.1 Å². The molecule has 4 nitrogen and oxygen atoms in total. The molecule has 0 aromatic heterocycles. The van der Waals surface area contributed by atoms with E-state index in [4.69, 9.17) is 5.73 Å². The number of benzene rings is 1. The van der Waals surface area contributed by atoms with Crippen molar-refractivity contribution >= 4 is 5.91 Å². The van der Waals surface area contributed by atoms with Crippen LogP contribution in [0, 0.1) is 6.92 Å². The summed E-state index contributed by atoms with van der Waals surface area (Å²) >= 11 is 0. The standard InChI is InChI=1S/C12H18N2O2/c1-9-10(5-3-6-11(9)15)12(16)14(2)8-4-7-13/h3,5-6,15H,4,7-8,13H2,1-2H3. The molecule has 0 aliphatic heterocycles. The fourth-order valence-electron chi connectivity index (χ4n) is 1.49. The Kier molecular flexibility index (Phi) is 4.31. The van der Waals surface area contributed by atoms with Crippen molar-refractivity contribution in [2.24, 2.45) is 5.73 Å². The lowest BCUT2D eigenvalue weighted by atomic mass is 10.1. The molecule has 1 aromatic carbocycles. The van der Waals surface area contributed by atoms with E-state index in [2.05, 4.69) is 0 Å². The largest absolute Gasteiger partial charge is 0.508 e. The van der Waals surface area contributed by atoms with Gasteiger partial charge in [-0.2, -0.15) is 0 Å². The van der Waals surface area contributed by atoms with Gasteiger partial charge in [0.15, 0.2) is 0 Å². The summed E-state index contributed by atoms with van der Waals surface area (Å²) in [5, 5.41) is 9.52. The zero-order valence-corrected chi connectivity index (χ0v) is 9.73. The van der Waals surface area contributed by atoms with Crippen LogP contribution in [0.2, 0.25) is 0 Å². The average molecular weight is 222 g/mol. The second-order valence-corrected chi connectivity index (χ2v) is 3.82. The Balaban J connectivity index is 2.84. The molecule has 1 rings (SSSR count). The minimum absolute atomic E-state index is 0.0816. The first-order chi connectivity index (χ1) is 7.57. The van der Waals surface area contributed by atoms with Crippen molar-refractivity contribution in [2.45, 2.75) is 13.3 Å². The molecule has 3 N–H and O–H groups in total. The lowest BCUT2D eigenvalue weighted by Gasteiger charge is -2.18. The smallest absolute Gasteiger partial charge is 0.253 e. The van der Waals surface area contributed by atoms with Crippen LogP contribution < -0.4 is 5.73 Å². The quantitative estimate of drug-likeness (QED) is 0.802. The fourth-order valence-corrected chi connectivity index (χ4v) is 1.49. The second-order valence-electron chi connectivity index (χ2n) is 3.82. The van der Waals surface area contributed by atoms with Crippen molar-refractivity contribution in [1.29, 1.82) is 0 Å². The van der Waals surface area contributed by atoms with Crippen LogP contribution in [0.5, 0.6) is 5.75 Å². The zero-order chi connectivity index (χ0) is 12.1. The second kappa shape index (κ2) is 5.51. The SMILES string of the molecule is Cc1c(O)cccc1C(=O)N(C)CCCN. The summed E-state index contributed by atoms with van der Waals surface area (Å²) in [5.41, 5.74) is 6.55. The monoisotopic (exact) mass is 222 g/mol. The Morgan fingerprint density at radius 3 is 2.81 bits per heavy atom. The van der Waals surface area contributed by atoms with Gasteiger partial charge in [-0.25, -0.2) is 0 Å². The summed E-state index contributed by atoms with van der Waals surface area (Å²) in [6, 6.07) is 4.97. The molecule has 0 aliphatic rings. The predicted molar refractivity (Wildman–Crippen MR) is 63.5 cm³/mol. The van der Waals surface area contributed by atoms with Gasteiger partial charge in [-0.05, 0) is 32.0 Å². The van der Waals surface area contributed by atoms with Crippen molar-refractivity contribution < 1.29 is 9.90 Å². The molecule has 0 spiro atoms. The molecule has 0 aliphatic carbocycles. The van der Waals surface area contributed by atoms with E-state index in [0.717, 1.165) is 6.42 Å². The molecule has 1 amide bonds. The topological polar surface area (TPSA) is 66.6 Å². The van der Waals surface area contributed by atoms with E-state index in [1.165, 1.54) is 0 Å². The number of phenolic OH excluding ortho intramolecular Hbond substituents is 1. The number of aromatic hydroxyl groups is 1. The van der Waals surface area contributed by atoms with Crippen LogP contribution >= 0.6 is 0 Å². The van der Waals surface area contributed by atoms with Gasteiger partial charge >= 0.3 is 0 Å². The zero-order valence-electron chi connectivity index (χ0n) is 9.73. The molecule has 16 heavy (non-hydrogen) atoms. The number of amides is 1. The molecule has 0 atom stereocenters. The van der Waals surface area contributed by atoms with Gasteiger partial charge in [0.1, 0.15) is 5.75 Å². The third kappa shape index (κ3) is 2.73. The normalized spacial score (nSPS) is 10.2. The van der Waals surface area contributed by atoms with E-state index >= 15 is 0 Å². The summed E-state index contributed by atoms with van der Waals surface area (Å²) in [6.45, 7) is 2.93. The minimum atomic E-state index is -0.0816. The molecule has 88 valence electrons. The lowest BCUT2D eigenvalue weighted by molar-refractivity contribution is 0.0793. The highest BCUT2D eigenvalue weighted by molar-refractivity contribution is 5.96. The summed E-state index contributed by atoms with van der Waals surface area (Å²) in [4.78, 5) is 13.6. The van der Waals surface area contributed by atoms with Crippen LogP contribution in [0.3, 0.4) is 0 Å². The van der Waals surface area contributed by atoms with Crippen LogP contribution in [0.4, 0.5) is 0 Å². The molecule has 0 unspecified atom stereocenters. The predicted octanol–water partition coefficient (Wildman–Crippen LogP) is 1.12. The van der Waals surface area contributed by atoms with Crippen molar-refractivity contribution in [1.82, 2.24) is 4.90 Å². The number of carbonyl (C=O) groups is 1. The van der Waals surface area contributed by atoms with Crippen LogP contribution in [-0.4, -0.2) is 36.1 Å². The first kappa shape index (κ1) is 12.5. The average Bonchev–Trinajstić information content (AvgIpc) is 2.28. The van der Waals surface area contributed by atoms with Crippen LogP contribution in [-0.2, 0) is 0 Å². The van der Waals surface area contributed by atoms with Gasteiger partial charge in [-0.1, -0.05) is 6.07 Å². The molecule has 0 saturated carbocycles. The van der Waals surface area contributed by atoms with Gasteiger partial charge in [0.25, 0.3) is 5.91 Å². The van der Waals surface area contributed by atoms with Gasteiger partial charge in [0.05, 0.1) is 0 Å². The van der Waals surface area contributed by atoms with Crippen LogP contribution in [0.1, 0.15) is 22.3 Å². The first-order valence-corrected chi connectivity index (χ1v) is 5.32. The van der Waals surface area contributed by atoms with Gasteiger partial charge in [0, 0.05) is 24.7 Å². The van der Waals surface area contributed by atoms with Crippen LogP contribution in [0.25, 0.3) is 0 Å². The number of hydrogen-bond donors (Lipinski definition) is 2. The van der Waals surface area contributed by atoms with Gasteiger partial charge < -0.3 is 15.7 Å². The van der Waals surface area contributed by atoms with E-state index < -0.39 is 0 Å². The Hall–Kier alpha value is -1.55. The Morgan fingerprint density at radius 1 is 1.50 bits per heavy atom. The summed E-state index contributed by atoms with van der Waals surface area (Å²) in [7, 11) is 1.74. The molecule has 1 aromatic rings. The Bertz CT molecular complexity index is 377. The van der Waals surface area contributed by atoms with Gasteiger partial charge in [-0.15, -0.1) is 0 Å². The maximum absolute atomic E-state index is 12.0. The minimum Gasteiger partial charge on any atom is -0.508 e. The maximum Gasteiger partial charge on any atom is 0.253 e. The summed E-state index contributed by atoms with van der Waals surface area (Å²) in [5.74, 6) is 0.0694. The molecule has 4 heteroatoms. The third-order valence-corrected chi connectivity index (χ3v) is 2.58. The highest BCUT2D eigenvalue weighted by Gasteiger charge is 2.14. The maximum atomic E-state index is 12.0. The molecule has 0 bridgehead atoms. The number of hydrogen-bond acceptors (Lipinski definition) is 3. The fraction of sp³-hybridized carbons (Fsp3) is 0.417. The lowest BCUT2D eigenvalue weighted by Crippen LogP contribution is -2.29. The molecule has 0 radical (unpaired) electrons. The Labute approximate surface area is 95.7 Å². The molecular weight excluding hydrogens is 204 g/mol. The first-order valence-electron chi connectivity index (χ1n) is 5.32. The summed E-state index contributed by atoms with van der Waals surface area (Å²) < 4.78 is 0. The molecule has 0 saturated heterocycles. The van der Waals surface area contributed by atoms with E-state index in [9.17, 15) is 9.90 Å². The van der Waals surface area contributed by atoms with E-state index in [-0.39, 0.29) is 11.7 Å². The molecule has 0 fully saturated rings. The number of nitrogens with two attached hydrogens (primary N) is 1. The van der Waals surface area contributed by atoms with Crippen molar-refractivity contribution in [3.8, 4) is 5.75 Å². The number of nitrogens with zero attached hydrogens (tertiary/aromatic N) is 1. The Morgan fingerprint density at radius 2 is 2.19 bits per heavy atom. The van der Waals surface area contributed by atoms with E-state index in [1.807, 2.05) is 0 Å². The molecular formula is C12H18N2O2. The highest BCUT2D eigenvalue weighted by atomic mass is 16.3. The third-order valence-electron chi connectivity index (χ3n) is 2.58. The van der Waals surface area contributed by atoms with Crippen molar-refractivity contribution in [2.75, 3.05) is 20.1 Å². The van der Waals surface area contributed by atoms with Gasteiger partial charge in [0.2, 0.25) is 0 Å². The number of carbonyl (C=O) groups excluding carboxylic acids is 1. The highest BCUT2D eigenvalue weighted by Crippen LogP contribution is 2.20. The van der Waals surface area contributed by atoms with E-state index in [0.29, 0.717) is 24.2 Å². The number of phenols is 1. The number of rotatable bonds is 4. The van der Waals surface area contributed by atoms with Gasteiger partial charge in [-0.3, -0.25) is 4.79 Å².